The van der Waals surface area contributed by atoms with Gasteiger partial charge in [0.2, 0.25) is 6.41 Å². The second-order valence-corrected chi connectivity index (χ2v) is 7.30. The number of nitrogens with zero attached hydrogens (tertiary/aromatic N) is 2. The standard InChI is InChI=1S/C24H24F4N4O3/c1-29-20(13-31-15-33)17-5-2-6-18(10-17)32(14-16-4-3-9-30-12-16)19-7-8-21(34-23(25)26)22(11-19)35-24(27)28/h2-12,15,20,23-24,29H,13-14H2,1H3,(H,31,33). The van der Waals surface area contributed by atoms with Crippen LogP contribution in [0, 0.1) is 0 Å². The van der Waals surface area contributed by atoms with Crippen LogP contribution in [0.3, 0.4) is 0 Å². The van der Waals surface area contributed by atoms with Crippen molar-refractivity contribution in [2.24, 2.45) is 0 Å². The summed E-state index contributed by atoms with van der Waals surface area (Å²) in [5.74, 6) is -1.03. The van der Waals surface area contributed by atoms with E-state index in [9.17, 15) is 22.4 Å². The van der Waals surface area contributed by atoms with Crippen molar-refractivity contribution < 1.29 is 31.8 Å². The monoisotopic (exact) mass is 492 g/mol. The highest BCUT2D eigenvalue weighted by molar-refractivity contribution is 5.67. The molecule has 2 N–H and O–H groups in total. The lowest BCUT2D eigenvalue weighted by atomic mass is 10.0. The topological polar surface area (TPSA) is 75.7 Å². The van der Waals surface area contributed by atoms with E-state index < -0.39 is 24.7 Å². The predicted octanol–water partition coefficient (Wildman–Crippen LogP) is 4.63. The summed E-state index contributed by atoms with van der Waals surface area (Å²) in [5, 5.41) is 5.76. The molecule has 1 amide bonds. The third kappa shape index (κ3) is 7.31. The lowest BCUT2D eigenvalue weighted by Crippen LogP contribution is -2.29. The van der Waals surface area contributed by atoms with Gasteiger partial charge < -0.3 is 25.0 Å². The Kier molecular flexibility index (Phi) is 9.24. The molecule has 0 aliphatic carbocycles. The molecule has 2 aromatic carbocycles. The summed E-state index contributed by atoms with van der Waals surface area (Å²) in [7, 11) is 1.76. The van der Waals surface area contributed by atoms with Gasteiger partial charge in [-0.2, -0.15) is 17.6 Å². The van der Waals surface area contributed by atoms with E-state index in [2.05, 4.69) is 25.1 Å². The van der Waals surface area contributed by atoms with Gasteiger partial charge in [0.25, 0.3) is 0 Å². The lowest BCUT2D eigenvalue weighted by Gasteiger charge is -2.27. The molecule has 0 aliphatic heterocycles. The first-order valence-corrected chi connectivity index (χ1v) is 10.6. The highest BCUT2D eigenvalue weighted by atomic mass is 19.3. The molecule has 11 heteroatoms. The minimum Gasteiger partial charge on any atom is -0.431 e. The number of carbonyl (C=O) groups excluding carboxylic acids is 1. The van der Waals surface area contributed by atoms with E-state index in [-0.39, 0.29) is 12.6 Å². The molecule has 35 heavy (non-hydrogen) atoms. The van der Waals surface area contributed by atoms with E-state index in [1.54, 1.807) is 30.4 Å². The molecular weight excluding hydrogens is 468 g/mol. The zero-order chi connectivity index (χ0) is 25.2. The number of amides is 1. The van der Waals surface area contributed by atoms with Crippen molar-refractivity contribution in [3.05, 3.63) is 78.1 Å². The SMILES string of the molecule is CNC(CNC=O)c1cccc(N(Cc2cccnc2)c2ccc(OC(F)F)c(OC(F)F)c2)c1. The molecule has 7 nitrogen and oxygen atoms in total. The Morgan fingerprint density at radius 3 is 2.37 bits per heavy atom. The maximum Gasteiger partial charge on any atom is 0.387 e. The summed E-state index contributed by atoms with van der Waals surface area (Å²) < 4.78 is 60.4. The van der Waals surface area contributed by atoms with Crippen LogP contribution in [0.25, 0.3) is 0 Å². The van der Waals surface area contributed by atoms with Gasteiger partial charge in [-0.1, -0.05) is 18.2 Å². The number of nitrogens with one attached hydrogen (secondary N) is 2. The second kappa shape index (κ2) is 12.6. The number of benzene rings is 2. The van der Waals surface area contributed by atoms with Crippen LogP contribution in [0.5, 0.6) is 11.5 Å². The Labute approximate surface area is 199 Å². The molecule has 1 heterocycles. The Hall–Kier alpha value is -3.86. The number of hydrogen-bond donors (Lipinski definition) is 2. The average Bonchev–Trinajstić information content (AvgIpc) is 2.84. The lowest BCUT2D eigenvalue weighted by molar-refractivity contribution is -0.109. The van der Waals surface area contributed by atoms with Crippen LogP contribution in [-0.4, -0.2) is 38.2 Å². The first-order chi connectivity index (χ1) is 16.9. The third-order valence-corrected chi connectivity index (χ3v) is 5.07. The van der Waals surface area contributed by atoms with Crippen molar-refractivity contribution >= 4 is 17.8 Å². The molecule has 0 fully saturated rings. The summed E-state index contributed by atoms with van der Waals surface area (Å²) in [6.45, 7) is -5.81. The molecule has 1 unspecified atom stereocenters. The van der Waals surface area contributed by atoms with Crippen LogP contribution in [-0.2, 0) is 11.3 Å². The molecule has 0 aliphatic rings. The molecular formula is C24H24F4N4O3. The van der Waals surface area contributed by atoms with Crippen molar-refractivity contribution in [3.8, 4) is 11.5 Å². The van der Waals surface area contributed by atoms with Crippen molar-refractivity contribution in [2.75, 3.05) is 18.5 Å². The number of anilines is 2. The van der Waals surface area contributed by atoms with Gasteiger partial charge in [0, 0.05) is 49.0 Å². The molecule has 3 rings (SSSR count). The molecule has 0 bridgehead atoms. The van der Waals surface area contributed by atoms with Gasteiger partial charge in [0.15, 0.2) is 11.5 Å². The Morgan fingerprint density at radius 2 is 1.71 bits per heavy atom. The summed E-state index contributed by atoms with van der Waals surface area (Å²) in [4.78, 5) is 16.7. The van der Waals surface area contributed by atoms with E-state index in [0.717, 1.165) is 17.2 Å². The number of rotatable bonds is 13. The van der Waals surface area contributed by atoms with Gasteiger partial charge in [-0.15, -0.1) is 0 Å². The quantitative estimate of drug-likeness (QED) is 0.268. The molecule has 1 aromatic heterocycles. The minimum atomic E-state index is -3.23. The summed E-state index contributed by atoms with van der Waals surface area (Å²) in [6, 6.07) is 14.7. The second-order valence-electron chi connectivity index (χ2n) is 7.30. The molecule has 0 radical (unpaired) electrons. The number of likely N-dealkylation sites (N-methyl/N-ethyl adjacent to an activating group) is 1. The number of ether oxygens (including phenoxy) is 2. The van der Waals surface area contributed by atoms with E-state index in [1.807, 2.05) is 30.3 Å². The Balaban J connectivity index is 2.05. The van der Waals surface area contributed by atoms with E-state index in [0.29, 0.717) is 24.3 Å². The van der Waals surface area contributed by atoms with Crippen LogP contribution >= 0.6 is 0 Å². The molecule has 186 valence electrons. The van der Waals surface area contributed by atoms with Crippen LogP contribution in [0.4, 0.5) is 28.9 Å². The van der Waals surface area contributed by atoms with Gasteiger partial charge in [0.05, 0.1) is 0 Å². The normalized spacial score (nSPS) is 11.9. The summed E-state index contributed by atoms with van der Waals surface area (Å²) >= 11 is 0. The number of hydrogen-bond acceptors (Lipinski definition) is 6. The van der Waals surface area contributed by atoms with Gasteiger partial charge in [-0.25, -0.2) is 0 Å². The van der Waals surface area contributed by atoms with Crippen molar-refractivity contribution in [2.45, 2.75) is 25.8 Å². The summed E-state index contributed by atoms with van der Waals surface area (Å²) in [5.41, 5.74) is 2.76. The third-order valence-electron chi connectivity index (χ3n) is 5.07. The van der Waals surface area contributed by atoms with E-state index in [1.165, 1.54) is 12.1 Å². The zero-order valence-electron chi connectivity index (χ0n) is 18.7. The van der Waals surface area contributed by atoms with Crippen molar-refractivity contribution in [3.63, 3.8) is 0 Å². The first kappa shape index (κ1) is 25.8. The molecule has 0 saturated heterocycles. The van der Waals surface area contributed by atoms with E-state index >= 15 is 0 Å². The summed E-state index contributed by atoms with van der Waals surface area (Å²) in [6.07, 6.45) is 3.89. The Bertz CT molecular complexity index is 1090. The number of carbonyl (C=O) groups is 1. The fraction of sp³-hybridized carbons (Fsp3) is 0.250. The molecule has 1 atom stereocenters. The number of pyridine rings is 1. The number of halogens is 4. The predicted molar refractivity (Wildman–Crippen MR) is 122 cm³/mol. The molecule has 3 aromatic rings. The molecule has 0 saturated carbocycles. The maximum absolute atomic E-state index is 13.0. The van der Waals surface area contributed by atoms with Crippen LogP contribution < -0.4 is 25.0 Å². The smallest absolute Gasteiger partial charge is 0.387 e. The number of alkyl halides is 4. The van der Waals surface area contributed by atoms with Crippen molar-refractivity contribution in [1.82, 2.24) is 15.6 Å². The Morgan fingerprint density at radius 1 is 0.971 bits per heavy atom. The maximum atomic E-state index is 13.0. The fourth-order valence-corrected chi connectivity index (χ4v) is 3.51. The van der Waals surface area contributed by atoms with Gasteiger partial charge in [-0.05, 0) is 48.5 Å². The minimum absolute atomic E-state index is 0.195. The van der Waals surface area contributed by atoms with E-state index in [4.69, 9.17) is 0 Å². The van der Waals surface area contributed by atoms with Gasteiger partial charge in [0.1, 0.15) is 0 Å². The molecule has 0 spiro atoms. The number of aromatic nitrogens is 1. The first-order valence-electron chi connectivity index (χ1n) is 10.6. The highest BCUT2D eigenvalue weighted by Gasteiger charge is 2.20. The average molecular weight is 492 g/mol. The zero-order valence-corrected chi connectivity index (χ0v) is 18.7. The van der Waals surface area contributed by atoms with Crippen molar-refractivity contribution in [1.29, 1.82) is 0 Å². The van der Waals surface area contributed by atoms with Crippen LogP contribution in [0.15, 0.2) is 67.0 Å². The fourth-order valence-electron chi connectivity index (χ4n) is 3.51. The highest BCUT2D eigenvalue weighted by Crippen LogP contribution is 2.37. The van der Waals surface area contributed by atoms with Crippen LogP contribution in [0.2, 0.25) is 0 Å². The van der Waals surface area contributed by atoms with Crippen LogP contribution in [0.1, 0.15) is 17.2 Å². The largest absolute Gasteiger partial charge is 0.431 e. The van der Waals surface area contributed by atoms with Gasteiger partial charge >= 0.3 is 13.2 Å². The van der Waals surface area contributed by atoms with Gasteiger partial charge in [-0.3, -0.25) is 9.78 Å².